The number of hydrogen-bond donors (Lipinski definition) is 1. The van der Waals surface area contributed by atoms with Gasteiger partial charge in [-0.3, -0.25) is 4.79 Å². The van der Waals surface area contributed by atoms with Crippen molar-refractivity contribution in [1.29, 1.82) is 0 Å². The molecule has 1 fully saturated rings. The molecule has 5 rings (SSSR count). The number of amides is 1. The summed E-state index contributed by atoms with van der Waals surface area (Å²) in [6.07, 6.45) is 1.11. The number of carbonyl (C=O) groups excluding carboxylic acids is 1. The Morgan fingerprint density at radius 1 is 1.06 bits per heavy atom. The first-order chi connectivity index (χ1) is 15.9. The van der Waals surface area contributed by atoms with E-state index in [0.717, 1.165) is 12.1 Å². The third kappa shape index (κ3) is 4.41. The van der Waals surface area contributed by atoms with Crippen LogP contribution >= 0.6 is 11.3 Å². The van der Waals surface area contributed by atoms with E-state index in [2.05, 4.69) is 15.5 Å². The normalized spacial score (nSPS) is 16.6. The Hall–Kier alpha value is -3.09. The summed E-state index contributed by atoms with van der Waals surface area (Å²) in [5.41, 5.74) is 0.556. The van der Waals surface area contributed by atoms with Crippen molar-refractivity contribution in [1.82, 2.24) is 14.5 Å². The van der Waals surface area contributed by atoms with Crippen LogP contribution in [0.15, 0.2) is 47.4 Å². The summed E-state index contributed by atoms with van der Waals surface area (Å²) in [7, 11) is -3.68. The maximum absolute atomic E-state index is 13.1. The molecule has 0 aliphatic carbocycles. The summed E-state index contributed by atoms with van der Waals surface area (Å²) in [6.45, 7) is 0.766. The SMILES string of the molecule is O=C(Nc1ccc2c(c1)OCO2)c1nnc(C2CCN(S(=O)(=O)c3ccc(F)cc3)CC2)s1. The summed E-state index contributed by atoms with van der Waals surface area (Å²) in [5, 5.41) is 11.9. The van der Waals surface area contributed by atoms with Gasteiger partial charge in [-0.05, 0) is 49.2 Å². The molecular formula is C21H19FN4O5S2. The van der Waals surface area contributed by atoms with E-state index in [9.17, 15) is 17.6 Å². The molecule has 172 valence electrons. The fourth-order valence-electron chi connectivity index (χ4n) is 3.75. The third-order valence-corrected chi connectivity index (χ3v) is 8.52. The third-order valence-electron chi connectivity index (χ3n) is 5.52. The van der Waals surface area contributed by atoms with Gasteiger partial charge < -0.3 is 14.8 Å². The molecule has 33 heavy (non-hydrogen) atoms. The van der Waals surface area contributed by atoms with Gasteiger partial charge in [0.2, 0.25) is 21.8 Å². The highest BCUT2D eigenvalue weighted by atomic mass is 32.2. The number of aromatic nitrogens is 2. The second-order valence-electron chi connectivity index (χ2n) is 7.60. The summed E-state index contributed by atoms with van der Waals surface area (Å²) < 4.78 is 50.7. The highest BCUT2D eigenvalue weighted by Crippen LogP contribution is 2.35. The first-order valence-corrected chi connectivity index (χ1v) is 12.5. The zero-order chi connectivity index (χ0) is 23.0. The number of hydrogen-bond acceptors (Lipinski definition) is 8. The van der Waals surface area contributed by atoms with Crippen molar-refractivity contribution in [3.63, 3.8) is 0 Å². The Morgan fingerprint density at radius 3 is 2.55 bits per heavy atom. The molecule has 0 radical (unpaired) electrons. The van der Waals surface area contributed by atoms with Crippen LogP contribution in [-0.2, 0) is 10.0 Å². The number of fused-ring (bicyclic) bond motifs is 1. The van der Waals surface area contributed by atoms with Gasteiger partial charge in [0.25, 0.3) is 5.91 Å². The summed E-state index contributed by atoms with van der Waals surface area (Å²) in [6, 6.07) is 9.93. The van der Waals surface area contributed by atoms with E-state index >= 15 is 0 Å². The second-order valence-corrected chi connectivity index (χ2v) is 10.5. The number of sulfonamides is 1. The standard InChI is InChI=1S/C21H19FN4O5S2/c22-14-1-4-16(5-2-14)33(28,29)26-9-7-13(8-10-26)20-24-25-21(32-20)19(27)23-15-3-6-17-18(11-15)31-12-30-17/h1-6,11,13H,7-10,12H2,(H,23,27). The monoisotopic (exact) mass is 490 g/mol. The van der Waals surface area contributed by atoms with Crippen molar-refractivity contribution in [2.45, 2.75) is 23.7 Å². The van der Waals surface area contributed by atoms with Gasteiger partial charge in [-0.25, -0.2) is 12.8 Å². The van der Waals surface area contributed by atoms with Crippen molar-refractivity contribution in [3.05, 3.63) is 58.3 Å². The molecule has 0 bridgehead atoms. The highest BCUT2D eigenvalue weighted by Gasteiger charge is 2.31. The molecule has 0 atom stereocenters. The van der Waals surface area contributed by atoms with E-state index in [4.69, 9.17) is 9.47 Å². The average Bonchev–Trinajstić information content (AvgIpc) is 3.49. The molecule has 12 heteroatoms. The predicted octanol–water partition coefficient (Wildman–Crippen LogP) is 3.23. The van der Waals surface area contributed by atoms with Crippen LogP contribution in [0.5, 0.6) is 11.5 Å². The number of benzene rings is 2. The van der Waals surface area contributed by atoms with Crippen LogP contribution in [0.25, 0.3) is 0 Å². The second kappa shape index (κ2) is 8.69. The molecule has 9 nitrogen and oxygen atoms in total. The molecule has 1 aromatic heterocycles. The van der Waals surface area contributed by atoms with Gasteiger partial charge in [-0.15, -0.1) is 10.2 Å². The Kier molecular flexibility index (Phi) is 5.72. The Bertz CT molecular complexity index is 1290. The number of piperidine rings is 1. The first-order valence-electron chi connectivity index (χ1n) is 10.2. The molecule has 3 heterocycles. The molecule has 1 amide bonds. The van der Waals surface area contributed by atoms with Crippen LogP contribution in [0.3, 0.4) is 0 Å². The van der Waals surface area contributed by atoms with Gasteiger partial charge >= 0.3 is 0 Å². The van der Waals surface area contributed by atoms with Crippen molar-refractivity contribution < 1.29 is 27.1 Å². The van der Waals surface area contributed by atoms with E-state index in [0.29, 0.717) is 48.1 Å². The maximum Gasteiger partial charge on any atom is 0.286 e. The number of halogens is 1. The van der Waals surface area contributed by atoms with Crippen LogP contribution in [0.2, 0.25) is 0 Å². The maximum atomic E-state index is 13.1. The number of rotatable bonds is 5. The van der Waals surface area contributed by atoms with Crippen LogP contribution in [-0.4, -0.2) is 48.7 Å². The van der Waals surface area contributed by atoms with E-state index in [1.807, 2.05) is 0 Å². The summed E-state index contributed by atoms with van der Waals surface area (Å²) >= 11 is 1.20. The smallest absolute Gasteiger partial charge is 0.286 e. The molecule has 2 aliphatic rings. The zero-order valence-corrected chi connectivity index (χ0v) is 18.9. The molecule has 1 saturated heterocycles. The molecule has 1 N–H and O–H groups in total. The molecule has 2 aliphatic heterocycles. The first kappa shape index (κ1) is 21.7. The van der Waals surface area contributed by atoms with Crippen molar-refractivity contribution in [3.8, 4) is 11.5 Å². The van der Waals surface area contributed by atoms with Gasteiger partial charge in [-0.2, -0.15) is 4.31 Å². The van der Waals surface area contributed by atoms with Crippen LogP contribution in [0.4, 0.5) is 10.1 Å². The Morgan fingerprint density at radius 2 is 1.79 bits per heavy atom. The Labute approximate surface area is 193 Å². The predicted molar refractivity (Wildman–Crippen MR) is 118 cm³/mol. The molecule has 0 spiro atoms. The summed E-state index contributed by atoms with van der Waals surface area (Å²) in [4.78, 5) is 12.7. The van der Waals surface area contributed by atoms with Crippen LogP contribution in [0, 0.1) is 5.82 Å². The van der Waals surface area contributed by atoms with Gasteiger partial charge in [0, 0.05) is 30.8 Å². The average molecular weight is 491 g/mol. The van der Waals surface area contributed by atoms with Crippen LogP contribution in [0.1, 0.15) is 33.6 Å². The molecule has 3 aromatic rings. The lowest BCUT2D eigenvalue weighted by atomic mass is 9.99. The van der Waals surface area contributed by atoms with E-state index in [-0.39, 0.29) is 28.5 Å². The van der Waals surface area contributed by atoms with Crippen molar-refractivity contribution in [2.75, 3.05) is 25.2 Å². The van der Waals surface area contributed by atoms with Crippen molar-refractivity contribution >= 4 is 33.0 Å². The van der Waals surface area contributed by atoms with E-state index in [1.54, 1.807) is 18.2 Å². The lowest BCUT2D eigenvalue weighted by Gasteiger charge is -2.30. The largest absolute Gasteiger partial charge is 0.454 e. The fourth-order valence-corrected chi connectivity index (χ4v) is 6.13. The van der Waals surface area contributed by atoms with Gasteiger partial charge in [0.1, 0.15) is 10.8 Å². The number of carbonyl (C=O) groups is 1. The Balaban J connectivity index is 1.21. The topological polar surface area (TPSA) is 111 Å². The van der Waals surface area contributed by atoms with E-state index < -0.39 is 15.8 Å². The van der Waals surface area contributed by atoms with Gasteiger partial charge in [0.15, 0.2) is 11.5 Å². The highest BCUT2D eigenvalue weighted by molar-refractivity contribution is 7.89. The van der Waals surface area contributed by atoms with Gasteiger partial charge in [0.05, 0.1) is 4.90 Å². The lowest BCUT2D eigenvalue weighted by Crippen LogP contribution is -2.37. The van der Waals surface area contributed by atoms with E-state index in [1.165, 1.54) is 27.8 Å². The van der Waals surface area contributed by atoms with Crippen LogP contribution < -0.4 is 14.8 Å². The zero-order valence-electron chi connectivity index (χ0n) is 17.2. The number of ether oxygens (including phenoxy) is 2. The molecule has 0 unspecified atom stereocenters. The molecular weight excluding hydrogens is 471 g/mol. The minimum absolute atomic E-state index is 0.00858. The number of anilines is 1. The quantitative estimate of drug-likeness (QED) is 0.585. The summed E-state index contributed by atoms with van der Waals surface area (Å²) in [5.74, 6) is 0.331. The number of nitrogens with zero attached hydrogens (tertiary/aromatic N) is 3. The lowest BCUT2D eigenvalue weighted by molar-refractivity contribution is 0.102. The minimum atomic E-state index is -3.68. The van der Waals surface area contributed by atoms with Crippen molar-refractivity contribution in [2.24, 2.45) is 0 Å². The van der Waals surface area contributed by atoms with Gasteiger partial charge in [-0.1, -0.05) is 11.3 Å². The fraction of sp³-hybridized carbons (Fsp3) is 0.286. The minimum Gasteiger partial charge on any atom is -0.454 e. The number of nitrogens with one attached hydrogen (secondary N) is 1. The molecule has 0 saturated carbocycles. The molecule has 2 aromatic carbocycles.